The number of aryl methyl sites for hydroxylation is 1. The number of morpholine rings is 1. The summed E-state index contributed by atoms with van der Waals surface area (Å²) in [4.78, 5) is 25.8. The first kappa shape index (κ1) is 17.3. The minimum atomic E-state index is -0.904. The third-order valence-electron chi connectivity index (χ3n) is 3.38. The van der Waals surface area contributed by atoms with Crippen LogP contribution in [0, 0.1) is 6.92 Å². The first-order valence-electron chi connectivity index (χ1n) is 6.96. The van der Waals surface area contributed by atoms with E-state index in [1.54, 1.807) is 4.90 Å². The molecule has 0 bridgehead atoms. The van der Waals surface area contributed by atoms with Crippen molar-refractivity contribution in [1.82, 2.24) is 4.90 Å². The Morgan fingerprint density at radius 2 is 2.27 bits per heavy atom. The fourth-order valence-electron chi connectivity index (χ4n) is 2.27. The van der Waals surface area contributed by atoms with Gasteiger partial charge < -0.3 is 14.7 Å². The van der Waals surface area contributed by atoms with Gasteiger partial charge >= 0.3 is 5.97 Å². The normalized spacial score (nSPS) is 18.3. The van der Waals surface area contributed by atoms with E-state index in [4.69, 9.17) is 9.84 Å². The van der Waals surface area contributed by atoms with E-state index in [1.165, 1.54) is 11.8 Å². The Balaban J connectivity index is 1.87. The Kier molecular flexibility index (Phi) is 6.28. The van der Waals surface area contributed by atoms with Gasteiger partial charge in [0.1, 0.15) is 0 Å². The molecule has 2 rings (SSSR count). The largest absolute Gasteiger partial charge is 0.481 e. The number of aliphatic carboxylic acids is 1. The second kappa shape index (κ2) is 7.99. The third kappa shape index (κ3) is 5.00. The molecule has 1 heterocycles. The van der Waals surface area contributed by atoms with Crippen LogP contribution >= 0.6 is 27.7 Å². The van der Waals surface area contributed by atoms with Crippen molar-refractivity contribution < 1.29 is 19.4 Å². The van der Waals surface area contributed by atoms with Crippen molar-refractivity contribution in [2.24, 2.45) is 0 Å². The maximum atomic E-state index is 12.3. The summed E-state index contributed by atoms with van der Waals surface area (Å²) in [6.07, 6.45) is -0.474. The maximum absolute atomic E-state index is 12.3. The molecule has 1 aromatic rings. The average molecular weight is 388 g/mol. The molecule has 1 amide bonds. The van der Waals surface area contributed by atoms with E-state index in [0.717, 1.165) is 14.9 Å². The quantitative estimate of drug-likeness (QED) is 0.786. The van der Waals surface area contributed by atoms with Crippen molar-refractivity contribution in [3.8, 4) is 0 Å². The number of ether oxygens (including phenoxy) is 1. The molecule has 22 heavy (non-hydrogen) atoms. The predicted octanol–water partition coefficient (Wildman–Crippen LogP) is 2.55. The van der Waals surface area contributed by atoms with Crippen LogP contribution in [0.25, 0.3) is 0 Å². The van der Waals surface area contributed by atoms with Gasteiger partial charge in [-0.3, -0.25) is 9.59 Å². The monoisotopic (exact) mass is 387 g/mol. The fourth-order valence-corrected chi connectivity index (χ4v) is 3.66. The summed E-state index contributed by atoms with van der Waals surface area (Å²) in [5.74, 6) is -0.535. The minimum Gasteiger partial charge on any atom is -0.481 e. The lowest BCUT2D eigenvalue weighted by molar-refractivity contribution is -0.146. The van der Waals surface area contributed by atoms with Crippen LogP contribution in [0.3, 0.4) is 0 Å². The van der Waals surface area contributed by atoms with Crippen LogP contribution < -0.4 is 0 Å². The molecule has 1 unspecified atom stereocenters. The first-order valence-corrected chi connectivity index (χ1v) is 8.73. The molecular weight excluding hydrogens is 370 g/mol. The molecule has 1 aromatic carbocycles. The van der Waals surface area contributed by atoms with Crippen molar-refractivity contribution >= 4 is 39.6 Å². The summed E-state index contributed by atoms with van der Waals surface area (Å²) in [6, 6.07) is 5.96. The molecule has 1 aliphatic rings. The second-order valence-corrected chi connectivity index (χ2v) is 7.06. The van der Waals surface area contributed by atoms with E-state index >= 15 is 0 Å². The van der Waals surface area contributed by atoms with Crippen molar-refractivity contribution in [1.29, 1.82) is 0 Å². The highest BCUT2D eigenvalue weighted by atomic mass is 79.9. The fraction of sp³-hybridized carbons (Fsp3) is 0.467. The van der Waals surface area contributed by atoms with Gasteiger partial charge in [-0.2, -0.15) is 0 Å². The molecule has 1 atom stereocenters. The summed E-state index contributed by atoms with van der Waals surface area (Å²) in [5, 5.41) is 8.80. The smallest absolute Gasteiger partial charge is 0.306 e. The van der Waals surface area contributed by atoms with Gasteiger partial charge in [0.25, 0.3) is 0 Å². The molecule has 1 aliphatic heterocycles. The van der Waals surface area contributed by atoms with Crippen LogP contribution in [-0.2, 0) is 14.3 Å². The number of hydrogen-bond acceptors (Lipinski definition) is 4. The minimum absolute atomic E-state index is 0.0195. The number of carbonyl (C=O) groups is 2. The first-order chi connectivity index (χ1) is 10.5. The van der Waals surface area contributed by atoms with Gasteiger partial charge in [0, 0.05) is 22.5 Å². The lowest BCUT2D eigenvalue weighted by atomic mass is 10.2. The van der Waals surface area contributed by atoms with Crippen molar-refractivity contribution in [3.05, 3.63) is 28.2 Å². The van der Waals surface area contributed by atoms with Gasteiger partial charge in [0.2, 0.25) is 5.91 Å². The lowest BCUT2D eigenvalue weighted by Gasteiger charge is -2.32. The number of carboxylic acids is 1. The number of halogens is 1. The number of benzene rings is 1. The number of rotatable bonds is 5. The number of nitrogens with zero attached hydrogens (tertiary/aromatic N) is 1. The van der Waals surface area contributed by atoms with Gasteiger partial charge in [-0.05, 0) is 30.7 Å². The van der Waals surface area contributed by atoms with Gasteiger partial charge in [-0.1, -0.05) is 15.9 Å². The van der Waals surface area contributed by atoms with Crippen LogP contribution in [0.15, 0.2) is 27.6 Å². The summed E-state index contributed by atoms with van der Waals surface area (Å²) in [6.45, 7) is 3.28. The van der Waals surface area contributed by atoms with Crippen molar-refractivity contribution in [2.75, 3.05) is 25.4 Å². The molecule has 1 fully saturated rings. The van der Waals surface area contributed by atoms with Crippen LogP contribution in [0.2, 0.25) is 0 Å². The Labute approximate surface area is 142 Å². The van der Waals surface area contributed by atoms with Crippen LogP contribution in [0.1, 0.15) is 12.0 Å². The van der Waals surface area contributed by atoms with Gasteiger partial charge in [0.15, 0.2) is 0 Å². The average Bonchev–Trinajstić information content (AvgIpc) is 2.45. The van der Waals surface area contributed by atoms with Gasteiger partial charge in [-0.25, -0.2) is 0 Å². The van der Waals surface area contributed by atoms with E-state index in [1.807, 2.05) is 25.1 Å². The summed E-state index contributed by atoms with van der Waals surface area (Å²) in [7, 11) is 0. The molecule has 0 aromatic heterocycles. The van der Waals surface area contributed by atoms with Crippen LogP contribution in [0.4, 0.5) is 0 Å². The zero-order valence-corrected chi connectivity index (χ0v) is 14.7. The zero-order valence-electron chi connectivity index (χ0n) is 12.3. The Bertz CT molecular complexity index is 566. The summed E-state index contributed by atoms with van der Waals surface area (Å²) >= 11 is 4.92. The highest BCUT2D eigenvalue weighted by molar-refractivity contribution is 9.10. The number of amides is 1. The van der Waals surface area contributed by atoms with Crippen molar-refractivity contribution in [3.63, 3.8) is 0 Å². The number of carboxylic acid groups (broad SMARTS) is 1. The molecule has 120 valence electrons. The predicted molar refractivity (Wildman–Crippen MR) is 88.2 cm³/mol. The summed E-state index contributed by atoms with van der Waals surface area (Å²) in [5.41, 5.74) is 1.12. The molecule has 1 N–H and O–H groups in total. The van der Waals surface area contributed by atoms with Crippen LogP contribution in [0.5, 0.6) is 0 Å². The number of hydrogen-bond donors (Lipinski definition) is 1. The third-order valence-corrected chi connectivity index (χ3v) is 5.04. The van der Waals surface area contributed by atoms with Crippen molar-refractivity contribution in [2.45, 2.75) is 24.3 Å². The van der Waals surface area contributed by atoms with E-state index in [2.05, 4.69) is 15.9 Å². The van der Waals surface area contributed by atoms with Gasteiger partial charge in [-0.15, -0.1) is 11.8 Å². The van der Waals surface area contributed by atoms with Crippen LogP contribution in [-0.4, -0.2) is 53.4 Å². The highest BCUT2D eigenvalue weighted by Gasteiger charge is 2.25. The van der Waals surface area contributed by atoms with E-state index in [9.17, 15) is 9.59 Å². The molecule has 0 spiro atoms. The second-order valence-electron chi connectivity index (χ2n) is 5.13. The molecule has 1 saturated heterocycles. The van der Waals surface area contributed by atoms with Gasteiger partial charge in [0.05, 0.1) is 24.9 Å². The molecule has 0 aliphatic carbocycles. The zero-order chi connectivity index (χ0) is 16.1. The SMILES string of the molecule is Cc1cc(Br)ccc1SCC(=O)N1CCOC(CC(=O)O)C1. The Hall–Kier alpha value is -1.05. The maximum Gasteiger partial charge on any atom is 0.306 e. The molecule has 5 nitrogen and oxygen atoms in total. The Morgan fingerprint density at radius 3 is 2.95 bits per heavy atom. The summed E-state index contributed by atoms with van der Waals surface area (Å²) < 4.78 is 6.40. The highest BCUT2D eigenvalue weighted by Crippen LogP contribution is 2.25. The number of thioether (sulfide) groups is 1. The molecule has 7 heteroatoms. The van der Waals surface area contributed by atoms with E-state index < -0.39 is 12.1 Å². The molecule has 0 saturated carbocycles. The molecule has 0 radical (unpaired) electrons. The standard InChI is InChI=1S/C15H18BrNO4S/c1-10-6-11(16)2-3-13(10)22-9-14(18)17-4-5-21-12(8-17)7-15(19)20/h2-3,6,12H,4-5,7-9H2,1H3,(H,19,20). The topological polar surface area (TPSA) is 66.8 Å². The lowest BCUT2D eigenvalue weighted by Crippen LogP contribution is -2.46. The Morgan fingerprint density at radius 1 is 1.50 bits per heavy atom. The molecular formula is C15H18BrNO4S. The van der Waals surface area contributed by atoms with E-state index in [0.29, 0.717) is 25.4 Å². The van der Waals surface area contributed by atoms with E-state index in [-0.39, 0.29) is 12.3 Å². The number of carbonyl (C=O) groups excluding carboxylic acids is 1.